The van der Waals surface area contributed by atoms with Crippen LogP contribution in [0, 0.1) is 0 Å². The summed E-state index contributed by atoms with van der Waals surface area (Å²) in [4.78, 5) is 15.5. The molecule has 0 aromatic carbocycles. The van der Waals surface area contributed by atoms with Gasteiger partial charge < -0.3 is 0 Å². The SMILES string of the molecule is CC(C)(C)N1CCCC1.CC(C)(C)N1CCCCC1.CC(C)(C)N1CCCCC1.CC(C)(C)N1CCCCC1.CC(C)(C)N1CCCCCC1.CC(C)(C)N1CCCCCC1. The van der Waals surface area contributed by atoms with E-state index in [1.54, 1.807) is 0 Å². The average molecular weight is 862 g/mol. The van der Waals surface area contributed by atoms with Gasteiger partial charge in [0, 0.05) is 33.2 Å². The molecule has 0 unspecified atom stereocenters. The second-order valence-corrected chi connectivity index (χ2v) is 25.7. The van der Waals surface area contributed by atoms with Gasteiger partial charge in [-0.15, -0.1) is 0 Å². The van der Waals surface area contributed by atoms with Crippen molar-refractivity contribution in [3.05, 3.63) is 0 Å². The molecule has 6 fully saturated rings. The van der Waals surface area contributed by atoms with Crippen molar-refractivity contribution in [3.63, 3.8) is 0 Å². The molecule has 0 atom stereocenters. The Morgan fingerprint density at radius 1 is 0.148 bits per heavy atom. The van der Waals surface area contributed by atoms with Crippen LogP contribution in [0.15, 0.2) is 0 Å². The molecule has 6 heteroatoms. The van der Waals surface area contributed by atoms with Crippen LogP contribution in [0.4, 0.5) is 0 Å². The van der Waals surface area contributed by atoms with E-state index in [4.69, 9.17) is 0 Å². The third-order valence-corrected chi connectivity index (χ3v) is 14.1. The van der Waals surface area contributed by atoms with Gasteiger partial charge in [-0.25, -0.2) is 0 Å². The molecule has 0 amide bonds. The zero-order chi connectivity index (χ0) is 46.4. The maximum Gasteiger partial charge on any atom is 0.0125 e. The predicted octanol–water partition coefficient (Wildman–Crippen LogP) is 14.0. The van der Waals surface area contributed by atoms with E-state index in [0.717, 1.165) is 0 Å². The summed E-state index contributed by atoms with van der Waals surface area (Å²) in [5.41, 5.74) is 2.41. The quantitative estimate of drug-likeness (QED) is 0.240. The molecule has 6 aliphatic heterocycles. The lowest BCUT2D eigenvalue weighted by molar-refractivity contribution is 0.110. The maximum atomic E-state index is 2.61. The molecule has 0 aliphatic carbocycles. The van der Waals surface area contributed by atoms with Crippen molar-refractivity contribution in [1.82, 2.24) is 29.4 Å². The summed E-state index contributed by atoms with van der Waals surface area (Å²) in [6, 6.07) is 0. The highest BCUT2D eigenvalue weighted by atomic mass is 15.2. The second kappa shape index (κ2) is 28.7. The fourth-order valence-corrected chi connectivity index (χ4v) is 9.57. The van der Waals surface area contributed by atoms with Crippen LogP contribution >= 0.6 is 0 Å². The fraction of sp³-hybridized carbons (Fsp3) is 1.00. The van der Waals surface area contributed by atoms with Gasteiger partial charge >= 0.3 is 0 Å². The van der Waals surface area contributed by atoms with Gasteiger partial charge in [0.15, 0.2) is 0 Å². The molecular formula is C55H116N6. The minimum atomic E-state index is 0.393. The molecule has 6 nitrogen and oxygen atoms in total. The van der Waals surface area contributed by atoms with Crippen LogP contribution in [0.3, 0.4) is 0 Å². The topological polar surface area (TPSA) is 19.4 Å². The first kappa shape index (κ1) is 58.8. The van der Waals surface area contributed by atoms with Crippen molar-refractivity contribution in [2.24, 2.45) is 0 Å². The Kier molecular flexibility index (Phi) is 27.7. The summed E-state index contributed by atoms with van der Waals surface area (Å²) < 4.78 is 0. The Labute approximate surface area is 386 Å². The van der Waals surface area contributed by atoms with Crippen LogP contribution in [0.1, 0.15) is 247 Å². The van der Waals surface area contributed by atoms with Crippen molar-refractivity contribution in [1.29, 1.82) is 0 Å². The van der Waals surface area contributed by atoms with Crippen LogP contribution in [0.5, 0.6) is 0 Å². The largest absolute Gasteiger partial charge is 0.298 e. The minimum Gasteiger partial charge on any atom is -0.298 e. The fourth-order valence-electron chi connectivity index (χ4n) is 9.57. The van der Waals surface area contributed by atoms with Crippen LogP contribution in [-0.2, 0) is 0 Å². The lowest BCUT2D eigenvalue weighted by Gasteiger charge is -2.38. The van der Waals surface area contributed by atoms with Crippen LogP contribution < -0.4 is 0 Å². The Bertz CT molecular complexity index is 924. The van der Waals surface area contributed by atoms with Gasteiger partial charge in [0.1, 0.15) is 0 Å². The summed E-state index contributed by atoms with van der Waals surface area (Å²) in [6.07, 6.45) is 26.9. The van der Waals surface area contributed by atoms with Gasteiger partial charge in [-0.05, 0) is 280 Å². The average Bonchev–Trinajstić information content (AvgIpc) is 3.39. The standard InChI is InChI=1S/2C10H21N.3C9H19N.C8H17N/c2*1-10(2,3)11-8-6-4-5-7-9-11;3*1-9(2,3)10-7-5-4-6-8-10;1-8(2,3)9-6-4-5-7-9/h2*4-9H2,1-3H3;3*4-8H2,1-3H3;4-7H2,1-3H3. The molecule has 6 saturated heterocycles. The minimum absolute atomic E-state index is 0.393. The van der Waals surface area contributed by atoms with Gasteiger partial charge in [0.2, 0.25) is 0 Å². The van der Waals surface area contributed by atoms with E-state index in [9.17, 15) is 0 Å². The lowest BCUT2D eigenvalue weighted by Crippen LogP contribution is -2.44. The second-order valence-electron chi connectivity index (χ2n) is 25.7. The Morgan fingerprint density at radius 2 is 0.230 bits per heavy atom. The summed E-state index contributed by atoms with van der Waals surface area (Å²) >= 11 is 0. The molecule has 366 valence electrons. The van der Waals surface area contributed by atoms with E-state index in [1.807, 2.05) is 0 Å². The van der Waals surface area contributed by atoms with E-state index < -0.39 is 0 Å². The molecule has 0 saturated carbocycles. The molecule has 6 aliphatic rings. The van der Waals surface area contributed by atoms with Crippen molar-refractivity contribution in [3.8, 4) is 0 Å². The molecule has 6 rings (SSSR count). The van der Waals surface area contributed by atoms with Gasteiger partial charge in [0.05, 0.1) is 0 Å². The number of rotatable bonds is 0. The molecule has 0 bridgehead atoms. The van der Waals surface area contributed by atoms with E-state index in [0.29, 0.717) is 33.2 Å². The van der Waals surface area contributed by atoms with Crippen molar-refractivity contribution < 1.29 is 0 Å². The number of hydrogen-bond donors (Lipinski definition) is 0. The summed E-state index contributed by atoms with van der Waals surface area (Å²) in [5, 5.41) is 0. The van der Waals surface area contributed by atoms with Crippen molar-refractivity contribution >= 4 is 0 Å². The van der Waals surface area contributed by atoms with E-state index in [2.05, 4.69) is 154 Å². The van der Waals surface area contributed by atoms with Gasteiger partial charge in [-0.2, -0.15) is 0 Å². The first-order valence-electron chi connectivity index (χ1n) is 26.6. The third-order valence-electron chi connectivity index (χ3n) is 14.1. The number of likely N-dealkylation sites (tertiary alicyclic amines) is 6. The molecule has 0 spiro atoms. The number of piperidine rings is 3. The number of nitrogens with zero attached hydrogens (tertiary/aromatic N) is 6. The van der Waals surface area contributed by atoms with E-state index in [1.165, 1.54) is 201 Å². The molecule has 0 radical (unpaired) electrons. The smallest absolute Gasteiger partial charge is 0.0125 e. The molecular weight excluding hydrogens is 745 g/mol. The van der Waals surface area contributed by atoms with Crippen molar-refractivity contribution in [2.45, 2.75) is 280 Å². The van der Waals surface area contributed by atoms with E-state index in [-0.39, 0.29) is 0 Å². The highest BCUT2D eigenvalue weighted by molar-refractivity contribution is 4.82. The zero-order valence-electron chi connectivity index (χ0n) is 45.6. The highest BCUT2D eigenvalue weighted by Crippen LogP contribution is 2.23. The molecule has 0 N–H and O–H groups in total. The molecule has 61 heavy (non-hydrogen) atoms. The predicted molar refractivity (Wildman–Crippen MR) is 276 cm³/mol. The summed E-state index contributed by atoms with van der Waals surface area (Å²) in [6.45, 7) is 57.2. The molecule has 6 heterocycles. The maximum absolute atomic E-state index is 2.61. The third kappa shape index (κ3) is 27.8. The number of hydrogen-bond acceptors (Lipinski definition) is 6. The van der Waals surface area contributed by atoms with Gasteiger partial charge in [-0.3, -0.25) is 29.4 Å². The highest BCUT2D eigenvalue weighted by Gasteiger charge is 2.26. The molecule has 0 aromatic rings. The Morgan fingerprint density at radius 3 is 0.328 bits per heavy atom. The Hall–Kier alpha value is -0.240. The molecule has 0 aromatic heterocycles. The van der Waals surface area contributed by atoms with Crippen LogP contribution in [0.25, 0.3) is 0 Å². The summed E-state index contributed by atoms with van der Waals surface area (Å²) in [5.74, 6) is 0. The monoisotopic (exact) mass is 861 g/mol. The Balaban J connectivity index is 0.000000366. The van der Waals surface area contributed by atoms with E-state index >= 15 is 0 Å². The van der Waals surface area contributed by atoms with Crippen molar-refractivity contribution in [2.75, 3.05) is 78.5 Å². The normalized spacial score (nSPS) is 23.1. The first-order chi connectivity index (χ1) is 28.1. The summed E-state index contributed by atoms with van der Waals surface area (Å²) in [7, 11) is 0. The van der Waals surface area contributed by atoms with Crippen LogP contribution in [0.2, 0.25) is 0 Å². The zero-order valence-corrected chi connectivity index (χ0v) is 45.6. The van der Waals surface area contributed by atoms with Gasteiger partial charge in [0.25, 0.3) is 0 Å². The first-order valence-corrected chi connectivity index (χ1v) is 26.6. The van der Waals surface area contributed by atoms with Gasteiger partial charge in [-0.1, -0.05) is 44.9 Å². The lowest BCUT2D eigenvalue weighted by atomic mass is 10.0. The van der Waals surface area contributed by atoms with Crippen LogP contribution in [-0.4, -0.2) is 141 Å².